The van der Waals surface area contributed by atoms with Gasteiger partial charge < -0.3 is 5.32 Å². The van der Waals surface area contributed by atoms with Gasteiger partial charge in [0.15, 0.2) is 0 Å². The second kappa shape index (κ2) is 5.95. The van der Waals surface area contributed by atoms with Gasteiger partial charge in [0.1, 0.15) is 11.9 Å². The third-order valence-electron chi connectivity index (χ3n) is 2.78. The molecule has 1 atom stereocenters. The summed E-state index contributed by atoms with van der Waals surface area (Å²) in [6.45, 7) is 2.00. The highest BCUT2D eigenvalue weighted by atomic mass is 16.6. The lowest BCUT2D eigenvalue weighted by molar-refractivity contribution is -0.384. The van der Waals surface area contributed by atoms with E-state index in [1.54, 1.807) is 12.3 Å². The van der Waals surface area contributed by atoms with E-state index in [0.29, 0.717) is 5.69 Å². The van der Waals surface area contributed by atoms with E-state index in [1.165, 1.54) is 11.8 Å². The summed E-state index contributed by atoms with van der Waals surface area (Å²) in [5.74, 6) is 0. The molecule has 0 aliphatic heterocycles. The summed E-state index contributed by atoms with van der Waals surface area (Å²) >= 11 is 0. The molecule has 0 aliphatic carbocycles. The smallest absolute Gasteiger partial charge is 0.310 e. The Labute approximate surface area is 111 Å². The van der Waals surface area contributed by atoms with Crippen LogP contribution in [0.25, 0.3) is 0 Å². The monoisotopic (exact) mass is 257 g/mol. The predicted molar refractivity (Wildman–Crippen MR) is 74.1 cm³/mol. The van der Waals surface area contributed by atoms with Crippen LogP contribution in [-0.4, -0.2) is 15.9 Å². The van der Waals surface area contributed by atoms with Crippen molar-refractivity contribution in [1.82, 2.24) is 4.98 Å². The highest BCUT2D eigenvalue weighted by Gasteiger charge is 2.15. The van der Waals surface area contributed by atoms with Crippen molar-refractivity contribution in [3.8, 4) is 0 Å². The fraction of sp³-hybridized carbons (Fsp3) is 0.214. The van der Waals surface area contributed by atoms with E-state index < -0.39 is 4.92 Å². The lowest BCUT2D eigenvalue weighted by Crippen LogP contribution is -2.18. The second-order valence-electron chi connectivity index (χ2n) is 4.39. The van der Waals surface area contributed by atoms with Gasteiger partial charge in [-0.3, -0.25) is 15.1 Å². The van der Waals surface area contributed by atoms with Crippen molar-refractivity contribution in [1.29, 1.82) is 0 Å². The van der Waals surface area contributed by atoms with Gasteiger partial charge in [0.25, 0.3) is 0 Å². The summed E-state index contributed by atoms with van der Waals surface area (Å²) in [6, 6.07) is 11.7. The van der Waals surface area contributed by atoms with Crippen LogP contribution >= 0.6 is 0 Å². The second-order valence-corrected chi connectivity index (χ2v) is 4.39. The number of anilines is 1. The maximum absolute atomic E-state index is 10.9. The third-order valence-corrected chi connectivity index (χ3v) is 2.78. The molecular formula is C14H15N3O2. The summed E-state index contributed by atoms with van der Waals surface area (Å²) in [7, 11) is 0. The standard InChI is InChI=1S/C14H15N3O2/c1-11(9-12-5-3-2-4-6-12)16-13-7-8-15-10-14(13)17(18)19/h2-8,10-11H,9H2,1H3,(H,15,16). The first-order valence-electron chi connectivity index (χ1n) is 6.05. The van der Waals surface area contributed by atoms with Gasteiger partial charge in [-0.25, -0.2) is 0 Å². The van der Waals surface area contributed by atoms with E-state index in [-0.39, 0.29) is 11.7 Å². The van der Waals surface area contributed by atoms with Gasteiger partial charge in [-0.1, -0.05) is 30.3 Å². The molecule has 0 aliphatic rings. The van der Waals surface area contributed by atoms with Crippen LogP contribution in [0.1, 0.15) is 12.5 Å². The number of hydrogen-bond donors (Lipinski definition) is 1. The van der Waals surface area contributed by atoms with E-state index in [2.05, 4.69) is 10.3 Å². The van der Waals surface area contributed by atoms with Gasteiger partial charge >= 0.3 is 5.69 Å². The molecule has 2 rings (SSSR count). The number of aromatic nitrogens is 1. The number of nitrogens with one attached hydrogen (secondary N) is 1. The minimum Gasteiger partial charge on any atom is -0.377 e. The first-order chi connectivity index (χ1) is 9.16. The topological polar surface area (TPSA) is 68.1 Å². The molecule has 1 N–H and O–H groups in total. The molecular weight excluding hydrogens is 242 g/mol. The zero-order valence-electron chi connectivity index (χ0n) is 10.6. The first kappa shape index (κ1) is 13.0. The number of nitrogens with zero attached hydrogens (tertiary/aromatic N) is 2. The average molecular weight is 257 g/mol. The number of benzene rings is 1. The van der Waals surface area contributed by atoms with E-state index in [0.717, 1.165) is 6.42 Å². The van der Waals surface area contributed by atoms with Crippen LogP contribution < -0.4 is 5.32 Å². The number of rotatable bonds is 5. The van der Waals surface area contributed by atoms with Gasteiger partial charge in [0.05, 0.1) is 4.92 Å². The van der Waals surface area contributed by atoms with Gasteiger partial charge in [-0.05, 0) is 25.0 Å². The number of nitro groups is 1. The largest absolute Gasteiger partial charge is 0.377 e. The molecule has 0 bridgehead atoms. The summed E-state index contributed by atoms with van der Waals surface area (Å²) in [4.78, 5) is 14.2. The Hall–Kier alpha value is -2.43. The Bertz CT molecular complexity index is 558. The van der Waals surface area contributed by atoms with Gasteiger partial charge in [-0.2, -0.15) is 0 Å². The molecule has 0 amide bonds. The van der Waals surface area contributed by atoms with Crippen LogP contribution in [0.15, 0.2) is 48.8 Å². The average Bonchev–Trinajstić information content (AvgIpc) is 2.40. The Balaban J connectivity index is 2.07. The number of hydrogen-bond acceptors (Lipinski definition) is 4. The molecule has 2 aromatic rings. The minimum atomic E-state index is -0.426. The van der Waals surface area contributed by atoms with Gasteiger partial charge in [0.2, 0.25) is 0 Å². The molecule has 1 aromatic carbocycles. The van der Waals surface area contributed by atoms with Gasteiger partial charge in [-0.15, -0.1) is 0 Å². The van der Waals surface area contributed by atoms with Crippen LogP contribution in [0.5, 0.6) is 0 Å². The Morgan fingerprint density at radius 3 is 2.74 bits per heavy atom. The van der Waals surface area contributed by atoms with E-state index >= 15 is 0 Å². The van der Waals surface area contributed by atoms with Crippen LogP contribution in [0.3, 0.4) is 0 Å². The minimum absolute atomic E-state index is 0.00223. The Morgan fingerprint density at radius 1 is 1.32 bits per heavy atom. The van der Waals surface area contributed by atoms with Crippen molar-refractivity contribution >= 4 is 11.4 Å². The van der Waals surface area contributed by atoms with Crippen LogP contribution in [0.4, 0.5) is 11.4 Å². The maximum Gasteiger partial charge on any atom is 0.310 e. The highest BCUT2D eigenvalue weighted by Crippen LogP contribution is 2.23. The zero-order valence-corrected chi connectivity index (χ0v) is 10.6. The Morgan fingerprint density at radius 2 is 2.05 bits per heavy atom. The molecule has 19 heavy (non-hydrogen) atoms. The summed E-state index contributed by atoms with van der Waals surface area (Å²) in [6.07, 6.45) is 3.61. The normalized spacial score (nSPS) is 11.8. The molecule has 1 heterocycles. The lowest BCUT2D eigenvalue weighted by atomic mass is 10.1. The van der Waals surface area contributed by atoms with Crippen molar-refractivity contribution in [2.45, 2.75) is 19.4 Å². The molecule has 1 aromatic heterocycles. The van der Waals surface area contributed by atoms with E-state index in [4.69, 9.17) is 0 Å². The molecule has 0 spiro atoms. The molecule has 0 saturated heterocycles. The number of pyridine rings is 1. The summed E-state index contributed by atoms with van der Waals surface area (Å²) in [5, 5.41) is 14.0. The van der Waals surface area contributed by atoms with Crippen LogP contribution in [-0.2, 0) is 6.42 Å². The highest BCUT2D eigenvalue weighted by molar-refractivity contribution is 5.60. The summed E-state index contributed by atoms with van der Waals surface area (Å²) in [5.41, 5.74) is 1.70. The van der Waals surface area contributed by atoms with E-state index in [1.807, 2.05) is 37.3 Å². The zero-order chi connectivity index (χ0) is 13.7. The molecule has 0 fully saturated rings. The first-order valence-corrected chi connectivity index (χ1v) is 6.05. The Kier molecular flexibility index (Phi) is 4.07. The lowest BCUT2D eigenvalue weighted by Gasteiger charge is -2.15. The maximum atomic E-state index is 10.9. The van der Waals surface area contributed by atoms with Crippen molar-refractivity contribution < 1.29 is 4.92 Å². The summed E-state index contributed by atoms with van der Waals surface area (Å²) < 4.78 is 0. The fourth-order valence-electron chi connectivity index (χ4n) is 1.94. The van der Waals surface area contributed by atoms with Crippen LogP contribution in [0.2, 0.25) is 0 Å². The van der Waals surface area contributed by atoms with Crippen molar-refractivity contribution in [2.24, 2.45) is 0 Å². The molecule has 5 nitrogen and oxygen atoms in total. The molecule has 1 unspecified atom stereocenters. The van der Waals surface area contributed by atoms with Gasteiger partial charge in [0, 0.05) is 12.2 Å². The van der Waals surface area contributed by atoms with Crippen LogP contribution in [0, 0.1) is 10.1 Å². The molecule has 98 valence electrons. The molecule has 5 heteroatoms. The SMILES string of the molecule is CC(Cc1ccccc1)Nc1ccncc1[N+](=O)[O-]. The predicted octanol–water partition coefficient (Wildman–Crippen LogP) is 3.03. The van der Waals surface area contributed by atoms with Crippen molar-refractivity contribution in [2.75, 3.05) is 5.32 Å². The third kappa shape index (κ3) is 3.51. The molecule has 0 radical (unpaired) electrons. The fourth-order valence-corrected chi connectivity index (χ4v) is 1.94. The van der Waals surface area contributed by atoms with E-state index in [9.17, 15) is 10.1 Å². The van der Waals surface area contributed by atoms with Crippen molar-refractivity contribution in [3.63, 3.8) is 0 Å². The van der Waals surface area contributed by atoms with Crippen molar-refractivity contribution in [3.05, 3.63) is 64.5 Å². The quantitative estimate of drug-likeness (QED) is 0.660. The molecule has 0 saturated carbocycles.